The van der Waals surface area contributed by atoms with Gasteiger partial charge in [-0.15, -0.1) is 0 Å². The topological polar surface area (TPSA) is 107 Å². The van der Waals surface area contributed by atoms with Crippen molar-refractivity contribution in [2.45, 2.75) is 57.2 Å². The van der Waals surface area contributed by atoms with Gasteiger partial charge in [-0.2, -0.15) is 5.26 Å². The summed E-state index contributed by atoms with van der Waals surface area (Å²) in [6.07, 6.45) is 2.71. The number of carbonyl (C=O) groups is 2. The van der Waals surface area contributed by atoms with Crippen LogP contribution in [0.3, 0.4) is 0 Å². The number of rotatable bonds is 5. The van der Waals surface area contributed by atoms with Crippen molar-refractivity contribution in [2.75, 3.05) is 0 Å². The summed E-state index contributed by atoms with van der Waals surface area (Å²) in [6.45, 7) is 5.28. The van der Waals surface area contributed by atoms with Gasteiger partial charge in [0.05, 0.1) is 6.07 Å². The zero-order valence-corrected chi connectivity index (χ0v) is 15.8. The molecule has 3 N–H and O–H groups in total. The molecular formula is C20H24N4O3. The molecular weight excluding hydrogens is 344 g/mol. The maximum absolute atomic E-state index is 12.8. The molecule has 0 aliphatic heterocycles. The second-order valence-corrected chi connectivity index (χ2v) is 7.95. The largest absolute Gasteiger partial charge is 0.444 e. The average molecular weight is 368 g/mol. The lowest BCUT2D eigenvalue weighted by molar-refractivity contribution is -0.123. The molecule has 27 heavy (non-hydrogen) atoms. The highest BCUT2D eigenvalue weighted by Crippen LogP contribution is 2.34. The first-order valence-electron chi connectivity index (χ1n) is 8.99. The zero-order valence-electron chi connectivity index (χ0n) is 15.8. The molecule has 2 amide bonds. The number of nitrogens with zero attached hydrogens (tertiary/aromatic N) is 1. The van der Waals surface area contributed by atoms with Crippen molar-refractivity contribution in [1.29, 1.82) is 5.26 Å². The molecule has 0 radical (unpaired) electrons. The number of nitriles is 1. The molecule has 142 valence electrons. The van der Waals surface area contributed by atoms with Crippen LogP contribution in [0.2, 0.25) is 0 Å². The van der Waals surface area contributed by atoms with Gasteiger partial charge in [0.2, 0.25) is 5.91 Å². The maximum Gasteiger partial charge on any atom is 0.408 e. The lowest BCUT2D eigenvalue weighted by Crippen LogP contribution is -2.52. The summed E-state index contributed by atoms with van der Waals surface area (Å²) in [7, 11) is 0. The number of hydrogen-bond donors (Lipinski definition) is 3. The third-order valence-electron chi connectivity index (χ3n) is 4.43. The number of benzene rings is 1. The minimum Gasteiger partial charge on any atom is -0.444 e. The summed E-state index contributed by atoms with van der Waals surface area (Å²) in [5.41, 5.74) is 0.393. The van der Waals surface area contributed by atoms with E-state index >= 15 is 0 Å². The zero-order chi connectivity index (χ0) is 19.7. The Morgan fingerprint density at radius 3 is 2.67 bits per heavy atom. The Labute approximate surface area is 158 Å². The minimum absolute atomic E-state index is 0.288. The lowest BCUT2D eigenvalue weighted by atomic mass is 10.0. The number of ether oxygens (including phenoxy) is 1. The van der Waals surface area contributed by atoms with Gasteiger partial charge in [-0.05, 0) is 45.2 Å². The highest BCUT2D eigenvalue weighted by molar-refractivity contribution is 5.89. The highest BCUT2D eigenvalue weighted by atomic mass is 16.6. The van der Waals surface area contributed by atoms with Crippen LogP contribution in [0.4, 0.5) is 4.79 Å². The van der Waals surface area contributed by atoms with Gasteiger partial charge >= 0.3 is 6.09 Å². The van der Waals surface area contributed by atoms with E-state index in [-0.39, 0.29) is 12.3 Å². The molecule has 1 aliphatic rings. The van der Waals surface area contributed by atoms with E-state index in [2.05, 4.69) is 21.7 Å². The number of H-pyrrole nitrogens is 1. The van der Waals surface area contributed by atoms with Crippen molar-refractivity contribution in [3.05, 3.63) is 36.0 Å². The number of fused-ring (bicyclic) bond motifs is 1. The van der Waals surface area contributed by atoms with E-state index in [1.54, 1.807) is 20.8 Å². The van der Waals surface area contributed by atoms with Gasteiger partial charge in [0.15, 0.2) is 0 Å². The predicted molar refractivity (Wildman–Crippen MR) is 101 cm³/mol. The van der Waals surface area contributed by atoms with E-state index < -0.39 is 23.3 Å². The van der Waals surface area contributed by atoms with E-state index in [0.29, 0.717) is 12.8 Å². The van der Waals surface area contributed by atoms with Crippen molar-refractivity contribution in [2.24, 2.45) is 0 Å². The molecule has 0 spiro atoms. The Bertz CT molecular complexity index is 900. The Morgan fingerprint density at radius 2 is 2.04 bits per heavy atom. The fourth-order valence-corrected chi connectivity index (χ4v) is 2.89. The van der Waals surface area contributed by atoms with Gasteiger partial charge in [0.25, 0.3) is 0 Å². The summed E-state index contributed by atoms with van der Waals surface area (Å²) in [5.74, 6) is -0.384. The highest BCUT2D eigenvalue weighted by Gasteiger charge is 2.45. The Balaban J connectivity index is 1.79. The smallest absolute Gasteiger partial charge is 0.408 e. The number of alkyl carbamates (subject to hydrolysis) is 1. The summed E-state index contributed by atoms with van der Waals surface area (Å²) >= 11 is 0. The number of aromatic amines is 1. The van der Waals surface area contributed by atoms with Gasteiger partial charge in [0.1, 0.15) is 17.2 Å². The van der Waals surface area contributed by atoms with Gasteiger partial charge in [-0.1, -0.05) is 18.2 Å². The van der Waals surface area contributed by atoms with Gasteiger partial charge < -0.3 is 20.4 Å². The molecule has 1 aromatic carbocycles. The summed E-state index contributed by atoms with van der Waals surface area (Å²) in [6, 6.07) is 9.05. The molecule has 0 bridgehead atoms. The fraction of sp³-hybridized carbons (Fsp3) is 0.450. The van der Waals surface area contributed by atoms with E-state index in [1.165, 1.54) is 0 Å². The summed E-state index contributed by atoms with van der Waals surface area (Å²) in [4.78, 5) is 28.2. The molecule has 2 aromatic rings. The quantitative estimate of drug-likeness (QED) is 0.754. The van der Waals surface area contributed by atoms with E-state index in [0.717, 1.165) is 16.5 Å². The summed E-state index contributed by atoms with van der Waals surface area (Å²) in [5, 5.41) is 15.6. The third-order valence-corrected chi connectivity index (χ3v) is 4.43. The average Bonchev–Trinajstić information content (AvgIpc) is 3.25. The van der Waals surface area contributed by atoms with Gasteiger partial charge in [-0.25, -0.2) is 4.79 Å². The molecule has 1 aliphatic carbocycles. The number of amides is 2. The first-order valence-corrected chi connectivity index (χ1v) is 8.99. The molecule has 1 atom stereocenters. The SMILES string of the molecule is CC(C)(C)OC(=O)N[C@@H](Cc1c[nH]c2ccccc12)C(=O)NC1(C#N)CC1. The van der Waals surface area contributed by atoms with Crippen LogP contribution < -0.4 is 10.6 Å². The minimum atomic E-state index is -0.843. The van der Waals surface area contributed by atoms with Crippen LogP contribution in [0, 0.1) is 11.3 Å². The Morgan fingerprint density at radius 1 is 1.33 bits per heavy atom. The van der Waals surface area contributed by atoms with Crippen LogP contribution in [-0.2, 0) is 16.0 Å². The molecule has 7 nitrogen and oxygen atoms in total. The Kier molecular flexibility index (Phi) is 4.83. The number of carbonyl (C=O) groups excluding carboxylic acids is 2. The number of hydrogen-bond acceptors (Lipinski definition) is 4. The summed E-state index contributed by atoms with van der Waals surface area (Å²) < 4.78 is 5.29. The molecule has 7 heteroatoms. The number of nitrogens with one attached hydrogen (secondary N) is 3. The van der Waals surface area contributed by atoms with Crippen LogP contribution in [0.5, 0.6) is 0 Å². The molecule has 1 heterocycles. The predicted octanol–water partition coefficient (Wildman–Crippen LogP) is 2.78. The van der Waals surface area contributed by atoms with Crippen LogP contribution in [0.1, 0.15) is 39.2 Å². The van der Waals surface area contributed by atoms with Crippen molar-refractivity contribution in [1.82, 2.24) is 15.6 Å². The molecule has 3 rings (SSSR count). The second-order valence-electron chi connectivity index (χ2n) is 7.95. The second kappa shape index (κ2) is 6.95. The standard InChI is InChI=1S/C20H24N4O3/c1-19(2,3)27-18(26)23-16(17(25)24-20(12-21)8-9-20)10-13-11-22-15-7-5-4-6-14(13)15/h4-7,11,16,22H,8-10H2,1-3H3,(H,23,26)(H,24,25)/t16-/m0/s1. The normalized spacial score (nSPS) is 16.2. The van der Waals surface area contributed by atoms with Crippen molar-refractivity contribution >= 4 is 22.9 Å². The number of para-hydroxylation sites is 1. The third kappa shape index (κ3) is 4.59. The molecule has 0 unspecified atom stereocenters. The molecule has 1 fully saturated rings. The first-order chi connectivity index (χ1) is 12.7. The maximum atomic E-state index is 12.8. The Hall–Kier alpha value is -3.01. The fourth-order valence-electron chi connectivity index (χ4n) is 2.89. The number of aromatic nitrogens is 1. The van der Waals surface area contributed by atoms with Crippen molar-refractivity contribution < 1.29 is 14.3 Å². The van der Waals surface area contributed by atoms with Crippen LogP contribution in [0.15, 0.2) is 30.5 Å². The van der Waals surface area contributed by atoms with Crippen LogP contribution in [-0.4, -0.2) is 34.2 Å². The van der Waals surface area contributed by atoms with E-state index in [9.17, 15) is 14.9 Å². The van der Waals surface area contributed by atoms with E-state index in [1.807, 2.05) is 30.5 Å². The first kappa shape index (κ1) is 18.8. The van der Waals surface area contributed by atoms with Gasteiger partial charge in [-0.3, -0.25) is 4.79 Å². The molecule has 0 saturated heterocycles. The van der Waals surface area contributed by atoms with Crippen LogP contribution in [0.25, 0.3) is 10.9 Å². The monoisotopic (exact) mass is 368 g/mol. The van der Waals surface area contributed by atoms with Crippen molar-refractivity contribution in [3.8, 4) is 6.07 Å². The van der Waals surface area contributed by atoms with E-state index in [4.69, 9.17) is 4.74 Å². The van der Waals surface area contributed by atoms with Crippen molar-refractivity contribution in [3.63, 3.8) is 0 Å². The van der Waals surface area contributed by atoms with Gasteiger partial charge in [0, 0.05) is 23.5 Å². The van der Waals surface area contributed by atoms with Crippen LogP contribution >= 0.6 is 0 Å². The molecule has 1 saturated carbocycles. The molecule has 1 aromatic heterocycles. The lowest BCUT2D eigenvalue weighted by Gasteiger charge is -2.24.